The molecule has 0 saturated carbocycles. The summed E-state index contributed by atoms with van der Waals surface area (Å²) in [6, 6.07) is 8.84. The van der Waals surface area contributed by atoms with Crippen LogP contribution in [0.4, 0.5) is 5.69 Å². The van der Waals surface area contributed by atoms with Gasteiger partial charge in [0.15, 0.2) is 0 Å². The number of thiazole rings is 1. The highest BCUT2D eigenvalue weighted by molar-refractivity contribution is 7.85. The zero-order chi connectivity index (χ0) is 13.9. The molecular formula is C15H18N2OS2. The molecule has 2 aromatic rings. The van der Waals surface area contributed by atoms with Crippen molar-refractivity contribution in [2.24, 2.45) is 0 Å². The van der Waals surface area contributed by atoms with Gasteiger partial charge in [-0.1, -0.05) is 12.1 Å². The Kier molecular flexibility index (Phi) is 4.17. The van der Waals surface area contributed by atoms with E-state index in [4.69, 9.17) is 0 Å². The minimum absolute atomic E-state index is 0.445. The maximum Gasteiger partial charge on any atom is 0.0901 e. The fourth-order valence-corrected chi connectivity index (χ4v) is 4.36. The molecule has 0 bridgehead atoms. The molecular weight excluding hydrogens is 288 g/mol. The standard InChI is InChI=1S/C15H18N2OS2/c1-11-16-15(10-19-11)12-3-2-4-14(9-12)17-13-5-7-20(18)8-6-13/h2-4,9-10,13,17H,5-8H2,1H3. The molecule has 1 aliphatic rings. The van der Waals surface area contributed by atoms with Gasteiger partial charge in [0.2, 0.25) is 0 Å². The first-order valence-corrected chi connectivity index (χ1v) is 9.21. The van der Waals surface area contributed by atoms with E-state index in [-0.39, 0.29) is 0 Å². The number of anilines is 1. The zero-order valence-electron chi connectivity index (χ0n) is 11.5. The van der Waals surface area contributed by atoms with Gasteiger partial charge in [0, 0.05) is 45.0 Å². The Morgan fingerprint density at radius 3 is 2.85 bits per heavy atom. The smallest absolute Gasteiger partial charge is 0.0901 e. The van der Waals surface area contributed by atoms with E-state index in [0.29, 0.717) is 6.04 Å². The monoisotopic (exact) mass is 306 g/mol. The minimum atomic E-state index is -0.599. The zero-order valence-corrected chi connectivity index (χ0v) is 13.1. The van der Waals surface area contributed by atoms with Crippen molar-refractivity contribution >= 4 is 27.8 Å². The first-order valence-electron chi connectivity index (χ1n) is 6.85. The highest BCUT2D eigenvalue weighted by Gasteiger charge is 2.17. The molecule has 0 radical (unpaired) electrons. The molecule has 5 heteroatoms. The van der Waals surface area contributed by atoms with E-state index in [1.165, 1.54) is 0 Å². The highest BCUT2D eigenvalue weighted by atomic mass is 32.2. The van der Waals surface area contributed by atoms with Gasteiger partial charge in [0.25, 0.3) is 0 Å². The van der Waals surface area contributed by atoms with Crippen LogP contribution < -0.4 is 5.32 Å². The molecule has 0 spiro atoms. The highest BCUT2D eigenvalue weighted by Crippen LogP contribution is 2.25. The van der Waals surface area contributed by atoms with E-state index in [1.807, 2.05) is 6.92 Å². The normalized spacial score (nSPS) is 22.6. The van der Waals surface area contributed by atoms with E-state index < -0.39 is 10.8 Å². The minimum Gasteiger partial charge on any atom is -0.382 e. The van der Waals surface area contributed by atoms with Crippen molar-refractivity contribution in [1.29, 1.82) is 0 Å². The summed E-state index contributed by atoms with van der Waals surface area (Å²) >= 11 is 1.68. The first-order chi connectivity index (χ1) is 9.70. The van der Waals surface area contributed by atoms with Crippen LogP contribution in [0.5, 0.6) is 0 Å². The van der Waals surface area contributed by atoms with E-state index in [1.54, 1.807) is 11.3 Å². The molecule has 106 valence electrons. The second-order valence-corrected chi connectivity index (χ2v) is 7.86. The summed E-state index contributed by atoms with van der Waals surface area (Å²) in [5, 5.41) is 6.75. The molecule has 0 unspecified atom stereocenters. The first kappa shape index (κ1) is 13.8. The Morgan fingerprint density at radius 1 is 1.35 bits per heavy atom. The number of nitrogens with one attached hydrogen (secondary N) is 1. The van der Waals surface area contributed by atoms with Crippen LogP contribution in [0, 0.1) is 6.92 Å². The third-order valence-corrected chi connectivity index (χ3v) is 5.69. The average Bonchev–Trinajstić information content (AvgIpc) is 2.89. The van der Waals surface area contributed by atoms with Crippen molar-refractivity contribution in [1.82, 2.24) is 4.98 Å². The van der Waals surface area contributed by atoms with Crippen molar-refractivity contribution in [2.75, 3.05) is 16.8 Å². The fourth-order valence-electron chi connectivity index (χ4n) is 2.44. The Hall–Kier alpha value is -1.20. The molecule has 1 fully saturated rings. The van der Waals surface area contributed by atoms with Crippen molar-refractivity contribution in [3.05, 3.63) is 34.7 Å². The lowest BCUT2D eigenvalue weighted by molar-refractivity contribution is 0.624. The summed E-state index contributed by atoms with van der Waals surface area (Å²) < 4.78 is 11.4. The third kappa shape index (κ3) is 3.27. The van der Waals surface area contributed by atoms with Crippen molar-refractivity contribution in [3.8, 4) is 11.3 Å². The molecule has 1 aromatic heterocycles. The van der Waals surface area contributed by atoms with Gasteiger partial charge in [0.1, 0.15) is 0 Å². The molecule has 20 heavy (non-hydrogen) atoms. The van der Waals surface area contributed by atoms with E-state index in [0.717, 1.165) is 46.3 Å². The lowest BCUT2D eigenvalue weighted by Crippen LogP contribution is -2.29. The number of nitrogens with zero attached hydrogens (tertiary/aromatic N) is 1. The lowest BCUT2D eigenvalue weighted by atomic mass is 10.1. The molecule has 0 atom stereocenters. The van der Waals surface area contributed by atoms with Crippen LogP contribution >= 0.6 is 11.3 Å². The Bertz CT molecular complexity index is 614. The SMILES string of the molecule is Cc1nc(-c2cccc(NC3CCS(=O)CC3)c2)cs1. The van der Waals surface area contributed by atoms with Gasteiger partial charge < -0.3 is 5.32 Å². The fraction of sp³-hybridized carbons (Fsp3) is 0.400. The summed E-state index contributed by atoms with van der Waals surface area (Å²) in [4.78, 5) is 4.53. The lowest BCUT2D eigenvalue weighted by Gasteiger charge is -2.23. The molecule has 0 aliphatic carbocycles. The van der Waals surface area contributed by atoms with Crippen molar-refractivity contribution in [2.45, 2.75) is 25.8 Å². The van der Waals surface area contributed by atoms with Gasteiger partial charge in [-0.15, -0.1) is 11.3 Å². The van der Waals surface area contributed by atoms with Crippen LogP contribution in [0.15, 0.2) is 29.6 Å². The number of rotatable bonds is 3. The van der Waals surface area contributed by atoms with Gasteiger partial charge in [0.05, 0.1) is 10.7 Å². The summed E-state index contributed by atoms with van der Waals surface area (Å²) in [6.45, 7) is 2.03. The molecule has 0 amide bonds. The van der Waals surface area contributed by atoms with Gasteiger partial charge in [-0.25, -0.2) is 4.98 Å². The van der Waals surface area contributed by atoms with Crippen LogP contribution in [0.25, 0.3) is 11.3 Å². The number of aryl methyl sites for hydroxylation is 1. The third-order valence-electron chi connectivity index (χ3n) is 3.54. The predicted molar refractivity (Wildman–Crippen MR) is 86.8 cm³/mol. The molecule has 2 heterocycles. The molecule has 3 rings (SSSR count). The van der Waals surface area contributed by atoms with Crippen LogP contribution in [-0.4, -0.2) is 26.7 Å². The number of benzene rings is 1. The van der Waals surface area contributed by atoms with E-state index in [2.05, 4.69) is 39.9 Å². The molecule has 1 N–H and O–H groups in total. The maximum atomic E-state index is 11.4. The van der Waals surface area contributed by atoms with Gasteiger partial charge in [-0.05, 0) is 31.9 Å². The number of hydrogen-bond donors (Lipinski definition) is 1. The molecule has 1 saturated heterocycles. The van der Waals surface area contributed by atoms with Crippen LogP contribution in [0.1, 0.15) is 17.8 Å². The van der Waals surface area contributed by atoms with Crippen LogP contribution in [-0.2, 0) is 10.8 Å². The van der Waals surface area contributed by atoms with Crippen LogP contribution in [0.2, 0.25) is 0 Å². The average molecular weight is 306 g/mol. The van der Waals surface area contributed by atoms with Gasteiger partial charge in [-0.3, -0.25) is 4.21 Å². The Morgan fingerprint density at radius 2 is 2.15 bits per heavy atom. The Balaban J connectivity index is 1.73. The summed E-state index contributed by atoms with van der Waals surface area (Å²) in [6.07, 6.45) is 1.99. The second kappa shape index (κ2) is 6.06. The van der Waals surface area contributed by atoms with Crippen LogP contribution in [0.3, 0.4) is 0 Å². The predicted octanol–water partition coefficient (Wildman–Crippen LogP) is 3.44. The quantitative estimate of drug-likeness (QED) is 0.944. The van der Waals surface area contributed by atoms with E-state index >= 15 is 0 Å². The topological polar surface area (TPSA) is 42.0 Å². The molecule has 1 aromatic carbocycles. The molecule has 3 nitrogen and oxygen atoms in total. The van der Waals surface area contributed by atoms with Crippen molar-refractivity contribution in [3.63, 3.8) is 0 Å². The summed E-state index contributed by atoms with van der Waals surface area (Å²) in [5.41, 5.74) is 3.32. The second-order valence-electron chi connectivity index (χ2n) is 5.10. The van der Waals surface area contributed by atoms with Crippen molar-refractivity contribution < 1.29 is 4.21 Å². The van der Waals surface area contributed by atoms with Gasteiger partial charge >= 0.3 is 0 Å². The largest absolute Gasteiger partial charge is 0.382 e. The maximum absolute atomic E-state index is 11.4. The molecule has 1 aliphatic heterocycles. The summed E-state index contributed by atoms with van der Waals surface area (Å²) in [7, 11) is -0.599. The summed E-state index contributed by atoms with van der Waals surface area (Å²) in [5.74, 6) is 1.64. The van der Waals surface area contributed by atoms with Gasteiger partial charge in [-0.2, -0.15) is 0 Å². The number of hydrogen-bond acceptors (Lipinski definition) is 4. The number of aromatic nitrogens is 1. The van der Waals surface area contributed by atoms with E-state index in [9.17, 15) is 4.21 Å². The Labute approximate surface area is 125 Å².